The first-order chi connectivity index (χ1) is 20.8. The summed E-state index contributed by atoms with van der Waals surface area (Å²) in [5, 5.41) is 64.3. The van der Waals surface area contributed by atoms with E-state index in [-0.39, 0.29) is 25.7 Å². The molecule has 4 aromatic rings. The molecule has 6 atom stereocenters. The average Bonchev–Trinajstić information content (AvgIpc) is 3.00. The van der Waals surface area contributed by atoms with Crippen LogP contribution >= 0.6 is 0 Å². The molecule has 0 amide bonds. The lowest BCUT2D eigenvalue weighted by atomic mass is 9.58. The molecule has 4 aromatic carbocycles. The third-order valence-corrected chi connectivity index (χ3v) is 11.9. The summed E-state index contributed by atoms with van der Waals surface area (Å²) in [5.74, 6) is 0. The Morgan fingerprint density at radius 2 is 0.932 bits per heavy atom. The standard InChI is InChI=1S/C37H44O6Si/c1-44(2,3)37(42)36(41,27-31-22-14-7-15-23-31)35(40,26-30-20-12-6-13-21-30)34(39,25-29-18-10-5-11-19-29)33(43-37)32(38)24-28-16-8-4-9-17-28/h4-23,32-33,38-42H,24-27H2,1-3H3/t32?,33-,34-,35+,36-,37-/m1/s1. The summed E-state index contributed by atoms with van der Waals surface area (Å²) in [5.41, 5.74) is -6.53. The molecule has 0 aromatic heterocycles. The van der Waals surface area contributed by atoms with Crippen LogP contribution in [0.3, 0.4) is 0 Å². The summed E-state index contributed by atoms with van der Waals surface area (Å²) in [6.45, 7) is 5.57. The minimum Gasteiger partial charge on any atom is -0.390 e. The number of hydrogen-bond donors (Lipinski definition) is 5. The molecular formula is C37H44O6Si. The number of ether oxygens (including phenoxy) is 1. The molecule has 1 saturated heterocycles. The minimum atomic E-state index is -3.01. The maximum Gasteiger partial charge on any atom is 0.179 e. The fourth-order valence-electron chi connectivity index (χ4n) is 6.91. The van der Waals surface area contributed by atoms with Crippen molar-refractivity contribution in [3.63, 3.8) is 0 Å². The maximum atomic E-state index is 13.3. The molecule has 0 saturated carbocycles. The topological polar surface area (TPSA) is 110 Å². The lowest BCUT2D eigenvalue weighted by Crippen LogP contribution is -2.90. The smallest absolute Gasteiger partial charge is 0.179 e. The Kier molecular flexibility index (Phi) is 9.04. The quantitative estimate of drug-likeness (QED) is 0.169. The Bertz CT molecular complexity index is 1500. The van der Waals surface area contributed by atoms with E-state index in [9.17, 15) is 25.5 Å². The average molecular weight is 613 g/mol. The van der Waals surface area contributed by atoms with Crippen LogP contribution in [0.1, 0.15) is 22.3 Å². The van der Waals surface area contributed by atoms with Gasteiger partial charge in [0.2, 0.25) is 0 Å². The highest BCUT2D eigenvalue weighted by atomic mass is 28.3. The first kappa shape index (κ1) is 32.3. The highest BCUT2D eigenvalue weighted by Gasteiger charge is 2.79. The van der Waals surface area contributed by atoms with E-state index >= 15 is 0 Å². The predicted molar refractivity (Wildman–Crippen MR) is 175 cm³/mol. The van der Waals surface area contributed by atoms with Crippen molar-refractivity contribution in [3.8, 4) is 0 Å². The summed E-state index contributed by atoms with van der Waals surface area (Å²) in [6, 6.07) is 36.8. The van der Waals surface area contributed by atoms with Gasteiger partial charge in [-0.1, -0.05) is 141 Å². The molecule has 1 aliphatic rings. The van der Waals surface area contributed by atoms with Crippen LogP contribution in [0.2, 0.25) is 19.6 Å². The normalized spacial score (nSPS) is 29.7. The third kappa shape index (κ3) is 5.70. The van der Waals surface area contributed by atoms with Crippen molar-refractivity contribution in [1.82, 2.24) is 0 Å². The Morgan fingerprint density at radius 3 is 1.34 bits per heavy atom. The van der Waals surface area contributed by atoms with Crippen molar-refractivity contribution in [2.24, 2.45) is 0 Å². The molecule has 5 N–H and O–H groups in total. The molecule has 0 radical (unpaired) electrons. The Hall–Kier alpha value is -3.14. The molecule has 232 valence electrons. The lowest BCUT2D eigenvalue weighted by molar-refractivity contribution is -0.421. The van der Waals surface area contributed by atoms with Crippen LogP contribution in [-0.4, -0.2) is 68.0 Å². The SMILES string of the molecule is C[Si](C)(C)[C@]1(O)O[C@H](C(O)Cc2ccccc2)[C@](O)(Cc2ccccc2)[C@@](O)(Cc2ccccc2)[C@]1(O)Cc1ccccc1. The zero-order chi connectivity index (χ0) is 31.6. The monoisotopic (exact) mass is 612 g/mol. The molecule has 0 bridgehead atoms. The summed E-state index contributed by atoms with van der Waals surface area (Å²) >= 11 is 0. The van der Waals surface area contributed by atoms with E-state index in [0.717, 1.165) is 5.56 Å². The van der Waals surface area contributed by atoms with Crippen LogP contribution in [0.4, 0.5) is 0 Å². The number of hydrogen-bond acceptors (Lipinski definition) is 6. The molecule has 1 aliphatic heterocycles. The maximum absolute atomic E-state index is 13.3. The van der Waals surface area contributed by atoms with Gasteiger partial charge in [0, 0.05) is 25.7 Å². The van der Waals surface area contributed by atoms with Crippen molar-refractivity contribution in [2.75, 3.05) is 0 Å². The number of aliphatic hydroxyl groups excluding tert-OH is 1. The summed E-state index contributed by atoms with van der Waals surface area (Å²) in [4.78, 5) is 0. The van der Waals surface area contributed by atoms with Crippen LogP contribution in [-0.2, 0) is 30.4 Å². The van der Waals surface area contributed by atoms with E-state index in [0.29, 0.717) is 16.7 Å². The van der Waals surface area contributed by atoms with E-state index < -0.39 is 42.5 Å². The van der Waals surface area contributed by atoms with Crippen LogP contribution in [0, 0.1) is 0 Å². The van der Waals surface area contributed by atoms with Crippen molar-refractivity contribution in [2.45, 2.75) is 79.7 Å². The fourth-order valence-corrected chi connectivity index (χ4v) is 8.93. The van der Waals surface area contributed by atoms with Gasteiger partial charge in [-0.15, -0.1) is 0 Å². The first-order valence-electron chi connectivity index (χ1n) is 15.2. The van der Waals surface area contributed by atoms with Gasteiger partial charge in [0.05, 0.1) is 6.10 Å². The van der Waals surface area contributed by atoms with E-state index in [4.69, 9.17) is 4.74 Å². The second-order valence-corrected chi connectivity index (χ2v) is 18.5. The van der Waals surface area contributed by atoms with Gasteiger partial charge in [0.25, 0.3) is 0 Å². The highest BCUT2D eigenvalue weighted by molar-refractivity contribution is 6.78. The largest absolute Gasteiger partial charge is 0.390 e. The van der Waals surface area contributed by atoms with E-state index in [1.165, 1.54) is 0 Å². The van der Waals surface area contributed by atoms with Gasteiger partial charge < -0.3 is 30.3 Å². The van der Waals surface area contributed by atoms with Gasteiger partial charge in [0.1, 0.15) is 31.0 Å². The zero-order valence-corrected chi connectivity index (χ0v) is 26.7. The van der Waals surface area contributed by atoms with Crippen LogP contribution in [0.15, 0.2) is 121 Å². The first-order valence-corrected chi connectivity index (χ1v) is 18.7. The van der Waals surface area contributed by atoms with Gasteiger partial charge >= 0.3 is 0 Å². The van der Waals surface area contributed by atoms with Crippen LogP contribution in [0.5, 0.6) is 0 Å². The zero-order valence-electron chi connectivity index (χ0n) is 25.7. The van der Waals surface area contributed by atoms with Crippen LogP contribution in [0.25, 0.3) is 0 Å². The van der Waals surface area contributed by atoms with Crippen molar-refractivity contribution in [1.29, 1.82) is 0 Å². The lowest BCUT2D eigenvalue weighted by Gasteiger charge is -2.67. The van der Waals surface area contributed by atoms with Crippen molar-refractivity contribution < 1.29 is 30.3 Å². The summed E-state index contributed by atoms with van der Waals surface area (Å²) < 4.78 is 6.59. The molecule has 1 unspecified atom stereocenters. The molecule has 1 fully saturated rings. The number of aliphatic hydroxyl groups is 5. The molecule has 0 spiro atoms. The molecule has 44 heavy (non-hydrogen) atoms. The van der Waals surface area contributed by atoms with E-state index in [2.05, 4.69) is 0 Å². The second kappa shape index (κ2) is 12.3. The number of benzene rings is 4. The minimum absolute atomic E-state index is 0.100. The Labute approximate surface area is 261 Å². The second-order valence-electron chi connectivity index (χ2n) is 13.3. The molecule has 5 rings (SSSR count). The molecule has 1 heterocycles. The van der Waals surface area contributed by atoms with Gasteiger partial charge in [-0.3, -0.25) is 0 Å². The Morgan fingerprint density at radius 1 is 0.568 bits per heavy atom. The van der Waals surface area contributed by atoms with Gasteiger partial charge in [0.15, 0.2) is 5.41 Å². The fraction of sp³-hybridized carbons (Fsp3) is 0.351. The van der Waals surface area contributed by atoms with Crippen molar-refractivity contribution in [3.05, 3.63) is 144 Å². The van der Waals surface area contributed by atoms with Gasteiger partial charge in [-0.2, -0.15) is 0 Å². The summed E-state index contributed by atoms with van der Waals surface area (Å²) in [7, 11) is -3.01. The Balaban J connectivity index is 1.77. The third-order valence-electron chi connectivity index (χ3n) is 9.30. The molecule has 0 aliphatic carbocycles. The van der Waals surface area contributed by atoms with E-state index in [1.807, 2.05) is 141 Å². The molecular weight excluding hydrogens is 568 g/mol. The van der Waals surface area contributed by atoms with Crippen LogP contribution < -0.4 is 0 Å². The van der Waals surface area contributed by atoms with Gasteiger partial charge in [-0.05, 0) is 22.3 Å². The van der Waals surface area contributed by atoms with E-state index in [1.54, 1.807) is 0 Å². The number of rotatable bonds is 10. The molecule has 6 nitrogen and oxygen atoms in total. The summed E-state index contributed by atoms with van der Waals surface area (Å²) in [6.07, 6.45) is -3.25. The van der Waals surface area contributed by atoms with Gasteiger partial charge in [-0.25, -0.2) is 0 Å². The van der Waals surface area contributed by atoms with Crippen molar-refractivity contribution >= 4 is 8.07 Å². The predicted octanol–water partition coefficient (Wildman–Crippen LogP) is 4.48. The highest BCUT2D eigenvalue weighted by Crippen LogP contribution is 2.56. The molecule has 7 heteroatoms.